The van der Waals surface area contributed by atoms with Crippen molar-refractivity contribution in [1.29, 1.82) is 0 Å². The molecule has 1 N–H and O–H groups in total. The molecule has 3 rings (SSSR count). The predicted octanol–water partition coefficient (Wildman–Crippen LogP) is 3.38. The van der Waals surface area contributed by atoms with E-state index >= 15 is 0 Å². The fourth-order valence-corrected chi connectivity index (χ4v) is 2.54. The number of carbonyl (C=O) groups is 1. The smallest absolute Gasteiger partial charge is 0.277 e. The number of nitrogens with zero attached hydrogens (tertiary/aromatic N) is 1. The fourth-order valence-electron chi connectivity index (χ4n) is 2.54. The Morgan fingerprint density at radius 1 is 1.23 bits per heavy atom. The van der Waals surface area contributed by atoms with Crippen molar-refractivity contribution in [2.45, 2.75) is 26.7 Å². The number of ether oxygens (including phenoxy) is 3. The van der Waals surface area contributed by atoms with Gasteiger partial charge in [0.15, 0.2) is 18.1 Å². The van der Waals surface area contributed by atoms with Gasteiger partial charge in [0.1, 0.15) is 5.75 Å². The Morgan fingerprint density at radius 2 is 2.04 bits per heavy atom. The van der Waals surface area contributed by atoms with Crippen molar-refractivity contribution in [3.63, 3.8) is 0 Å². The molecule has 0 aliphatic carbocycles. The number of hydrazone groups is 1. The molecule has 2 aromatic rings. The lowest BCUT2D eigenvalue weighted by Crippen LogP contribution is -2.24. The third kappa shape index (κ3) is 4.33. The Kier molecular flexibility index (Phi) is 5.41. The number of aryl methyl sites for hydroxylation is 1. The van der Waals surface area contributed by atoms with E-state index in [9.17, 15) is 4.79 Å². The zero-order chi connectivity index (χ0) is 18.5. The maximum Gasteiger partial charge on any atom is 0.277 e. The van der Waals surface area contributed by atoms with Gasteiger partial charge in [-0.1, -0.05) is 26.0 Å². The third-order valence-electron chi connectivity index (χ3n) is 4.02. The Balaban J connectivity index is 1.50. The van der Waals surface area contributed by atoms with E-state index in [0.717, 1.165) is 11.1 Å². The molecule has 0 saturated heterocycles. The van der Waals surface area contributed by atoms with Crippen LogP contribution in [0, 0.1) is 6.92 Å². The highest BCUT2D eigenvalue weighted by atomic mass is 16.7. The quantitative estimate of drug-likeness (QED) is 0.638. The van der Waals surface area contributed by atoms with Gasteiger partial charge in [-0.05, 0) is 53.8 Å². The summed E-state index contributed by atoms with van der Waals surface area (Å²) in [6, 6.07) is 11.4. The van der Waals surface area contributed by atoms with E-state index in [-0.39, 0.29) is 19.3 Å². The molecule has 0 unspecified atom stereocenters. The van der Waals surface area contributed by atoms with Crippen LogP contribution in [0.1, 0.15) is 36.5 Å². The summed E-state index contributed by atoms with van der Waals surface area (Å²) < 4.78 is 16.1. The number of hydrogen-bond donors (Lipinski definition) is 1. The average molecular weight is 354 g/mol. The first kappa shape index (κ1) is 17.8. The van der Waals surface area contributed by atoms with Crippen LogP contribution in [0.4, 0.5) is 0 Å². The van der Waals surface area contributed by atoms with Crippen molar-refractivity contribution in [3.8, 4) is 17.2 Å². The number of nitrogens with one attached hydrogen (secondary N) is 1. The molecule has 0 bridgehead atoms. The summed E-state index contributed by atoms with van der Waals surface area (Å²) in [5.74, 6) is 2.21. The summed E-state index contributed by atoms with van der Waals surface area (Å²) in [5, 5.41) is 3.94. The Labute approximate surface area is 152 Å². The van der Waals surface area contributed by atoms with Crippen molar-refractivity contribution < 1.29 is 19.0 Å². The van der Waals surface area contributed by atoms with E-state index in [4.69, 9.17) is 14.2 Å². The summed E-state index contributed by atoms with van der Waals surface area (Å²) in [6.45, 7) is 6.38. The van der Waals surface area contributed by atoms with Gasteiger partial charge in [-0.25, -0.2) is 5.43 Å². The second kappa shape index (κ2) is 7.91. The minimum atomic E-state index is -0.325. The molecule has 6 nitrogen and oxygen atoms in total. The van der Waals surface area contributed by atoms with Gasteiger partial charge in [-0.15, -0.1) is 0 Å². The molecule has 1 aliphatic rings. The highest BCUT2D eigenvalue weighted by molar-refractivity contribution is 5.83. The van der Waals surface area contributed by atoms with Gasteiger partial charge in [0, 0.05) is 0 Å². The van der Waals surface area contributed by atoms with Gasteiger partial charge in [-0.3, -0.25) is 4.79 Å². The van der Waals surface area contributed by atoms with Crippen molar-refractivity contribution in [2.75, 3.05) is 13.4 Å². The molecule has 136 valence electrons. The van der Waals surface area contributed by atoms with Crippen LogP contribution in [0.3, 0.4) is 0 Å². The van der Waals surface area contributed by atoms with Crippen LogP contribution in [-0.4, -0.2) is 25.5 Å². The first-order valence-electron chi connectivity index (χ1n) is 8.48. The summed E-state index contributed by atoms with van der Waals surface area (Å²) >= 11 is 0. The minimum Gasteiger partial charge on any atom is -0.483 e. The van der Waals surface area contributed by atoms with Crippen LogP contribution >= 0.6 is 0 Å². The molecule has 1 amide bonds. The topological polar surface area (TPSA) is 69.2 Å². The van der Waals surface area contributed by atoms with Crippen LogP contribution in [0.15, 0.2) is 41.5 Å². The summed E-state index contributed by atoms with van der Waals surface area (Å²) in [6.07, 6.45) is 1.54. The lowest BCUT2D eigenvalue weighted by Gasteiger charge is -2.11. The van der Waals surface area contributed by atoms with Crippen LogP contribution in [0.25, 0.3) is 0 Å². The maximum atomic E-state index is 11.9. The molecule has 1 heterocycles. The monoisotopic (exact) mass is 354 g/mol. The SMILES string of the molecule is Cc1cc(C(C)C)ccc1OCC(=O)N/N=C/c1ccc2c(c1)OCO2. The number of fused-ring (bicyclic) bond motifs is 1. The molecule has 2 aromatic carbocycles. The lowest BCUT2D eigenvalue weighted by atomic mass is 10.0. The van der Waals surface area contributed by atoms with Gasteiger partial charge in [-0.2, -0.15) is 5.10 Å². The number of hydrogen-bond acceptors (Lipinski definition) is 5. The predicted molar refractivity (Wildman–Crippen MR) is 99.1 cm³/mol. The van der Waals surface area contributed by atoms with Crippen LogP contribution in [-0.2, 0) is 4.79 Å². The third-order valence-corrected chi connectivity index (χ3v) is 4.02. The Morgan fingerprint density at radius 3 is 2.81 bits per heavy atom. The molecular formula is C20H22N2O4. The zero-order valence-electron chi connectivity index (χ0n) is 15.1. The van der Waals surface area contributed by atoms with Crippen LogP contribution < -0.4 is 19.6 Å². The number of carbonyl (C=O) groups excluding carboxylic acids is 1. The largest absolute Gasteiger partial charge is 0.483 e. The van der Waals surface area contributed by atoms with Crippen molar-refractivity contribution >= 4 is 12.1 Å². The Hall–Kier alpha value is -3.02. The highest BCUT2D eigenvalue weighted by Crippen LogP contribution is 2.31. The van der Waals surface area contributed by atoms with Crippen LogP contribution in [0.5, 0.6) is 17.2 Å². The number of benzene rings is 2. The van der Waals surface area contributed by atoms with Crippen LogP contribution in [0.2, 0.25) is 0 Å². The molecule has 0 aromatic heterocycles. The van der Waals surface area contributed by atoms with Gasteiger partial charge in [0.25, 0.3) is 5.91 Å². The molecule has 0 radical (unpaired) electrons. The number of rotatable bonds is 6. The highest BCUT2D eigenvalue weighted by Gasteiger charge is 2.12. The minimum absolute atomic E-state index is 0.0969. The van der Waals surface area contributed by atoms with Gasteiger partial charge in [0.05, 0.1) is 6.21 Å². The molecular weight excluding hydrogens is 332 g/mol. The molecule has 0 saturated carbocycles. The molecule has 0 atom stereocenters. The summed E-state index contributed by atoms with van der Waals surface area (Å²) in [4.78, 5) is 11.9. The number of amides is 1. The van der Waals surface area contributed by atoms with E-state index in [2.05, 4.69) is 30.4 Å². The standard InChI is InChI=1S/C20H22N2O4/c1-13(2)16-5-7-17(14(3)8-16)24-11-20(23)22-21-10-15-4-6-18-19(9-15)26-12-25-18/h4-10,13H,11-12H2,1-3H3,(H,22,23)/b21-10+. The van der Waals surface area contributed by atoms with Gasteiger partial charge < -0.3 is 14.2 Å². The molecule has 1 aliphatic heterocycles. The fraction of sp³-hybridized carbons (Fsp3) is 0.300. The first-order valence-corrected chi connectivity index (χ1v) is 8.48. The van der Waals surface area contributed by atoms with Crippen molar-refractivity contribution in [2.24, 2.45) is 5.10 Å². The normalized spacial score (nSPS) is 12.6. The van der Waals surface area contributed by atoms with Gasteiger partial charge >= 0.3 is 0 Å². The summed E-state index contributed by atoms with van der Waals surface area (Å²) in [7, 11) is 0. The van der Waals surface area contributed by atoms with E-state index < -0.39 is 0 Å². The Bertz CT molecular complexity index is 831. The van der Waals surface area contributed by atoms with Crippen molar-refractivity contribution in [1.82, 2.24) is 5.43 Å². The average Bonchev–Trinajstić information content (AvgIpc) is 3.08. The lowest BCUT2D eigenvalue weighted by molar-refractivity contribution is -0.123. The first-order chi connectivity index (χ1) is 12.5. The van der Waals surface area contributed by atoms with E-state index in [1.807, 2.05) is 25.1 Å². The summed E-state index contributed by atoms with van der Waals surface area (Å²) in [5.41, 5.74) is 5.50. The molecule has 26 heavy (non-hydrogen) atoms. The van der Waals surface area contributed by atoms with Gasteiger partial charge in [0.2, 0.25) is 6.79 Å². The van der Waals surface area contributed by atoms with E-state index in [1.165, 1.54) is 5.56 Å². The van der Waals surface area contributed by atoms with E-state index in [1.54, 1.807) is 18.3 Å². The zero-order valence-corrected chi connectivity index (χ0v) is 15.1. The second-order valence-corrected chi connectivity index (χ2v) is 6.37. The molecule has 6 heteroatoms. The molecule has 0 fully saturated rings. The van der Waals surface area contributed by atoms with E-state index in [0.29, 0.717) is 23.2 Å². The molecule has 0 spiro atoms. The second-order valence-electron chi connectivity index (χ2n) is 6.37. The van der Waals surface area contributed by atoms with Crippen molar-refractivity contribution in [3.05, 3.63) is 53.1 Å². The maximum absolute atomic E-state index is 11.9.